The summed E-state index contributed by atoms with van der Waals surface area (Å²) in [5, 5.41) is 29.1. The summed E-state index contributed by atoms with van der Waals surface area (Å²) < 4.78 is 5.19. The molecule has 6 N–H and O–H groups in total. The molecule has 0 saturated carbocycles. The van der Waals surface area contributed by atoms with E-state index in [9.17, 15) is 20.1 Å². The average Bonchev–Trinajstić information content (AvgIpc) is 2.95. The van der Waals surface area contributed by atoms with Gasteiger partial charge >= 0.3 is 5.97 Å². The van der Waals surface area contributed by atoms with Gasteiger partial charge in [-0.15, -0.1) is 0 Å². The molecule has 26 heavy (non-hydrogen) atoms. The molecule has 2 aromatic rings. The zero-order valence-electron chi connectivity index (χ0n) is 14.7. The number of H-pyrrole nitrogens is 1. The number of nitrogens with two attached hydrogens (primary N) is 1. The van der Waals surface area contributed by atoms with Gasteiger partial charge in [-0.05, 0) is 36.1 Å². The van der Waals surface area contributed by atoms with Crippen LogP contribution >= 0.6 is 11.6 Å². The minimum Gasteiger partial charge on any atom is -0.458 e. The summed E-state index contributed by atoms with van der Waals surface area (Å²) in [4.78, 5) is 15.2. The van der Waals surface area contributed by atoms with E-state index in [1.165, 1.54) is 0 Å². The first-order valence-corrected chi connectivity index (χ1v) is 8.55. The lowest BCUT2D eigenvalue weighted by molar-refractivity contribution is 0.0371. The topological polar surface area (TPSA) is 129 Å². The Kier molecular flexibility index (Phi) is 6.80. The minimum absolute atomic E-state index is 0.0745. The van der Waals surface area contributed by atoms with Gasteiger partial charge in [0.05, 0.1) is 30.9 Å². The van der Waals surface area contributed by atoms with Crippen LogP contribution in [0.1, 0.15) is 46.7 Å². The van der Waals surface area contributed by atoms with Gasteiger partial charge in [-0.2, -0.15) is 0 Å². The number of ether oxygens (including phenoxy) is 1. The molecule has 0 amide bonds. The first-order valence-electron chi connectivity index (χ1n) is 8.17. The Morgan fingerprint density at radius 1 is 1.19 bits per heavy atom. The summed E-state index contributed by atoms with van der Waals surface area (Å²) in [5.74, 6) is -0.606. The molecule has 8 heteroatoms. The molecule has 0 atom stereocenters. The Hall–Kier alpha value is -1.90. The Morgan fingerprint density at radius 3 is 2.35 bits per heavy atom. The maximum absolute atomic E-state index is 12.3. The van der Waals surface area contributed by atoms with Crippen molar-refractivity contribution in [1.29, 1.82) is 0 Å². The van der Waals surface area contributed by atoms with Gasteiger partial charge in [-0.1, -0.05) is 23.7 Å². The molecule has 0 fully saturated rings. The van der Waals surface area contributed by atoms with Gasteiger partial charge in [0.2, 0.25) is 0 Å². The number of rotatable bonds is 7. The van der Waals surface area contributed by atoms with Crippen molar-refractivity contribution in [2.24, 2.45) is 5.73 Å². The van der Waals surface area contributed by atoms with Crippen LogP contribution in [0.2, 0.25) is 5.02 Å². The van der Waals surface area contributed by atoms with Crippen LogP contribution in [0.5, 0.6) is 0 Å². The van der Waals surface area contributed by atoms with Crippen LogP contribution in [0, 0.1) is 0 Å². The number of halogens is 1. The van der Waals surface area contributed by atoms with Gasteiger partial charge in [-0.3, -0.25) is 0 Å². The molecule has 1 aromatic carbocycles. The summed E-state index contributed by atoms with van der Waals surface area (Å²) in [7, 11) is 0. The smallest absolute Gasteiger partial charge is 0.356 e. The molecule has 2 rings (SSSR count). The standard InChI is InChI=1S/C18H23ClN2O5/c1-9(2)26-18(25)17-16(19)15(14(5-20)21-17)11-4-3-10(6-22)12(7-23)13(11)8-24/h3-4,9,21-24H,5-8,20H2,1-2H3. The molecule has 0 radical (unpaired) electrons. The first-order chi connectivity index (χ1) is 12.4. The molecule has 0 spiro atoms. The van der Waals surface area contributed by atoms with Crippen molar-refractivity contribution in [3.63, 3.8) is 0 Å². The van der Waals surface area contributed by atoms with Crippen LogP contribution in [-0.2, 0) is 31.1 Å². The molecule has 142 valence electrons. The number of aromatic amines is 1. The fourth-order valence-corrected chi connectivity index (χ4v) is 3.21. The SMILES string of the molecule is CC(C)OC(=O)c1[nH]c(CN)c(-c2ccc(CO)c(CO)c2CO)c1Cl. The molecule has 0 aliphatic rings. The summed E-state index contributed by atoms with van der Waals surface area (Å²) in [6, 6.07) is 3.30. The number of carbonyl (C=O) groups excluding carboxylic acids is 1. The minimum atomic E-state index is -0.606. The number of nitrogens with one attached hydrogen (secondary N) is 1. The maximum Gasteiger partial charge on any atom is 0.356 e. The van der Waals surface area contributed by atoms with Crippen molar-refractivity contribution in [1.82, 2.24) is 4.98 Å². The van der Waals surface area contributed by atoms with Gasteiger partial charge in [0, 0.05) is 17.8 Å². The fraction of sp³-hybridized carbons (Fsp3) is 0.389. The second-order valence-corrected chi connectivity index (χ2v) is 6.41. The van der Waals surface area contributed by atoms with E-state index < -0.39 is 5.97 Å². The second-order valence-electron chi connectivity index (χ2n) is 6.03. The largest absolute Gasteiger partial charge is 0.458 e. The van der Waals surface area contributed by atoms with Crippen LogP contribution in [-0.4, -0.2) is 32.4 Å². The number of esters is 1. The molecule has 0 bridgehead atoms. The predicted molar refractivity (Wildman–Crippen MR) is 97.5 cm³/mol. The van der Waals surface area contributed by atoms with E-state index >= 15 is 0 Å². The second kappa shape index (κ2) is 8.66. The third-order valence-corrected chi connectivity index (χ3v) is 4.43. The van der Waals surface area contributed by atoms with E-state index in [0.29, 0.717) is 33.5 Å². The van der Waals surface area contributed by atoms with Gasteiger partial charge < -0.3 is 30.8 Å². The van der Waals surface area contributed by atoms with Crippen molar-refractivity contribution in [2.75, 3.05) is 0 Å². The van der Waals surface area contributed by atoms with E-state index in [-0.39, 0.29) is 43.2 Å². The van der Waals surface area contributed by atoms with Crippen LogP contribution < -0.4 is 5.73 Å². The quantitative estimate of drug-likeness (QED) is 0.465. The number of carbonyl (C=O) groups is 1. The first kappa shape index (κ1) is 20.4. The summed E-state index contributed by atoms with van der Waals surface area (Å²) in [6.45, 7) is 2.51. The summed E-state index contributed by atoms with van der Waals surface area (Å²) in [6.07, 6.45) is -0.315. The van der Waals surface area contributed by atoms with Crippen LogP contribution in [0.25, 0.3) is 11.1 Å². The number of benzene rings is 1. The van der Waals surface area contributed by atoms with Crippen molar-refractivity contribution in [3.8, 4) is 11.1 Å². The zero-order chi connectivity index (χ0) is 19.4. The van der Waals surface area contributed by atoms with Gasteiger partial charge in [0.25, 0.3) is 0 Å². The van der Waals surface area contributed by atoms with E-state index in [0.717, 1.165) is 0 Å². The van der Waals surface area contributed by atoms with Crippen molar-refractivity contribution < 1.29 is 24.9 Å². The highest BCUT2D eigenvalue weighted by molar-refractivity contribution is 6.36. The Labute approximate surface area is 156 Å². The maximum atomic E-state index is 12.3. The third-order valence-electron chi connectivity index (χ3n) is 4.05. The lowest BCUT2D eigenvalue weighted by Crippen LogP contribution is -2.12. The number of hydrogen-bond donors (Lipinski definition) is 5. The fourth-order valence-electron chi connectivity index (χ4n) is 2.87. The van der Waals surface area contributed by atoms with Crippen molar-refractivity contribution >= 4 is 17.6 Å². The van der Waals surface area contributed by atoms with Crippen LogP contribution in [0.4, 0.5) is 0 Å². The Balaban J connectivity index is 2.69. The third kappa shape index (κ3) is 3.77. The molecule has 1 heterocycles. The summed E-state index contributed by atoms with van der Waals surface area (Å²) >= 11 is 6.44. The normalized spacial score (nSPS) is 11.2. The Morgan fingerprint density at radius 2 is 1.85 bits per heavy atom. The number of hydrogen-bond acceptors (Lipinski definition) is 6. The van der Waals surface area contributed by atoms with Crippen LogP contribution in [0.3, 0.4) is 0 Å². The van der Waals surface area contributed by atoms with E-state index in [4.69, 9.17) is 22.1 Å². The highest BCUT2D eigenvalue weighted by Crippen LogP contribution is 2.38. The average molecular weight is 383 g/mol. The summed E-state index contributed by atoms with van der Waals surface area (Å²) in [5.41, 5.74) is 8.70. The molecule has 0 aliphatic heterocycles. The highest BCUT2D eigenvalue weighted by Gasteiger charge is 2.25. The molecule has 7 nitrogen and oxygen atoms in total. The van der Waals surface area contributed by atoms with E-state index in [1.54, 1.807) is 26.0 Å². The zero-order valence-corrected chi connectivity index (χ0v) is 15.4. The van der Waals surface area contributed by atoms with Crippen molar-refractivity contribution in [3.05, 3.63) is 45.2 Å². The predicted octanol–water partition coefficient (Wildman–Crippen LogP) is 1.84. The molecule has 0 unspecified atom stereocenters. The number of aliphatic hydroxyl groups is 3. The van der Waals surface area contributed by atoms with Gasteiger partial charge in [0.15, 0.2) is 0 Å². The molecule has 0 saturated heterocycles. The lowest BCUT2D eigenvalue weighted by Gasteiger charge is -2.16. The molecular formula is C18H23ClN2O5. The van der Waals surface area contributed by atoms with Gasteiger partial charge in [-0.25, -0.2) is 4.79 Å². The van der Waals surface area contributed by atoms with E-state index in [2.05, 4.69) is 4.98 Å². The highest BCUT2D eigenvalue weighted by atomic mass is 35.5. The lowest BCUT2D eigenvalue weighted by atomic mass is 9.92. The number of aliphatic hydroxyl groups excluding tert-OH is 3. The number of aromatic nitrogens is 1. The van der Waals surface area contributed by atoms with Crippen molar-refractivity contribution in [2.45, 2.75) is 46.3 Å². The van der Waals surface area contributed by atoms with Crippen LogP contribution in [0.15, 0.2) is 12.1 Å². The molecular weight excluding hydrogens is 360 g/mol. The van der Waals surface area contributed by atoms with E-state index in [1.807, 2.05) is 0 Å². The molecule has 1 aromatic heterocycles. The molecule has 0 aliphatic carbocycles. The monoisotopic (exact) mass is 382 g/mol. The Bertz CT molecular complexity index is 801. The van der Waals surface area contributed by atoms with Gasteiger partial charge in [0.1, 0.15) is 5.69 Å².